The fourth-order valence-electron chi connectivity index (χ4n) is 3.31. The number of amides is 1. The number of nitrogens with two attached hydrogens (primary N) is 1. The molecule has 3 rings (SSSR count). The number of pyridine rings is 1. The number of aromatic nitrogens is 1. The van der Waals surface area contributed by atoms with E-state index in [2.05, 4.69) is 4.98 Å². The van der Waals surface area contributed by atoms with Gasteiger partial charge in [0.25, 0.3) is 0 Å². The van der Waals surface area contributed by atoms with Gasteiger partial charge in [-0.05, 0) is 37.8 Å². The van der Waals surface area contributed by atoms with Crippen LogP contribution in [0.15, 0.2) is 24.4 Å². The summed E-state index contributed by atoms with van der Waals surface area (Å²) in [5.74, 6) is 0.215. The molecule has 2 fully saturated rings. The van der Waals surface area contributed by atoms with Crippen molar-refractivity contribution in [1.29, 1.82) is 0 Å². The Balaban J connectivity index is 1.64. The molecule has 0 saturated heterocycles. The summed E-state index contributed by atoms with van der Waals surface area (Å²) in [4.78, 5) is 19.1. The second kappa shape index (κ2) is 6.14. The highest BCUT2D eigenvalue weighted by Crippen LogP contribution is 2.33. The quantitative estimate of drug-likeness (QED) is 0.905. The molecule has 0 unspecified atom stereocenters. The molecule has 0 atom stereocenters. The van der Waals surface area contributed by atoms with E-state index in [4.69, 9.17) is 5.73 Å². The number of hydrogen-bond acceptors (Lipinski definition) is 3. The first-order chi connectivity index (χ1) is 10.2. The van der Waals surface area contributed by atoms with Crippen molar-refractivity contribution in [3.63, 3.8) is 0 Å². The van der Waals surface area contributed by atoms with E-state index in [0.29, 0.717) is 19.0 Å². The monoisotopic (exact) mass is 287 g/mol. The molecule has 1 aromatic rings. The van der Waals surface area contributed by atoms with Gasteiger partial charge in [-0.25, -0.2) is 0 Å². The number of carbonyl (C=O) groups is 1. The highest BCUT2D eigenvalue weighted by Gasteiger charge is 2.37. The van der Waals surface area contributed by atoms with Crippen molar-refractivity contribution in [2.75, 3.05) is 0 Å². The van der Waals surface area contributed by atoms with Gasteiger partial charge in [0.2, 0.25) is 5.91 Å². The summed E-state index contributed by atoms with van der Waals surface area (Å²) in [6.45, 7) is 0.625. The van der Waals surface area contributed by atoms with E-state index in [1.54, 1.807) is 6.20 Å². The molecule has 2 aliphatic carbocycles. The Labute approximate surface area is 126 Å². The Morgan fingerprint density at radius 2 is 2.05 bits per heavy atom. The summed E-state index contributed by atoms with van der Waals surface area (Å²) >= 11 is 0. The maximum atomic E-state index is 12.7. The van der Waals surface area contributed by atoms with Gasteiger partial charge in [-0.1, -0.05) is 25.3 Å². The predicted molar refractivity (Wildman–Crippen MR) is 82.4 cm³/mol. The minimum atomic E-state index is -0.271. The number of nitrogens with zero attached hydrogens (tertiary/aromatic N) is 2. The van der Waals surface area contributed by atoms with Crippen molar-refractivity contribution in [2.24, 2.45) is 5.73 Å². The molecule has 0 radical (unpaired) electrons. The van der Waals surface area contributed by atoms with E-state index < -0.39 is 0 Å². The molecule has 2 N–H and O–H groups in total. The van der Waals surface area contributed by atoms with Crippen molar-refractivity contribution in [1.82, 2.24) is 9.88 Å². The molecule has 114 valence electrons. The van der Waals surface area contributed by atoms with Crippen LogP contribution >= 0.6 is 0 Å². The van der Waals surface area contributed by atoms with Gasteiger partial charge in [-0.15, -0.1) is 0 Å². The minimum absolute atomic E-state index is 0.215. The van der Waals surface area contributed by atoms with Crippen LogP contribution in [0.2, 0.25) is 0 Å². The lowest BCUT2D eigenvalue weighted by Crippen LogP contribution is -2.47. The average molecular weight is 287 g/mol. The lowest BCUT2D eigenvalue weighted by atomic mass is 9.80. The SMILES string of the molecule is NC1(CC(=O)N(Cc2ccccn2)C2CC2)CCCCC1. The second-order valence-corrected chi connectivity index (χ2v) is 6.67. The molecule has 1 amide bonds. The summed E-state index contributed by atoms with van der Waals surface area (Å²) in [7, 11) is 0. The van der Waals surface area contributed by atoms with Gasteiger partial charge < -0.3 is 10.6 Å². The largest absolute Gasteiger partial charge is 0.334 e. The molecular weight excluding hydrogens is 262 g/mol. The van der Waals surface area contributed by atoms with Gasteiger partial charge in [0, 0.05) is 24.2 Å². The number of hydrogen-bond donors (Lipinski definition) is 1. The first kappa shape index (κ1) is 14.5. The fourth-order valence-corrected chi connectivity index (χ4v) is 3.31. The van der Waals surface area contributed by atoms with E-state index >= 15 is 0 Å². The van der Waals surface area contributed by atoms with Gasteiger partial charge in [-0.3, -0.25) is 9.78 Å². The van der Waals surface area contributed by atoms with Crippen LogP contribution in [0.25, 0.3) is 0 Å². The highest BCUT2D eigenvalue weighted by atomic mass is 16.2. The average Bonchev–Trinajstić information content (AvgIpc) is 3.30. The standard InChI is InChI=1S/C17H25N3O/c18-17(9-3-1-4-10-17)12-16(21)20(15-7-8-15)13-14-6-2-5-11-19-14/h2,5-6,11,15H,1,3-4,7-10,12-13,18H2. The first-order valence-corrected chi connectivity index (χ1v) is 8.15. The summed E-state index contributed by atoms with van der Waals surface area (Å²) in [5, 5.41) is 0. The molecule has 0 spiro atoms. The summed E-state index contributed by atoms with van der Waals surface area (Å²) in [6.07, 6.45) is 10.1. The van der Waals surface area contributed by atoms with E-state index in [9.17, 15) is 4.79 Å². The van der Waals surface area contributed by atoms with Crippen molar-refractivity contribution in [3.8, 4) is 0 Å². The minimum Gasteiger partial charge on any atom is -0.334 e. The molecule has 2 saturated carbocycles. The molecule has 1 heterocycles. The van der Waals surface area contributed by atoms with Crippen molar-refractivity contribution < 1.29 is 4.79 Å². The van der Waals surface area contributed by atoms with E-state index in [1.165, 1.54) is 6.42 Å². The fraction of sp³-hybridized carbons (Fsp3) is 0.647. The van der Waals surface area contributed by atoms with Crippen LogP contribution in [0.5, 0.6) is 0 Å². The smallest absolute Gasteiger partial charge is 0.225 e. The lowest BCUT2D eigenvalue weighted by Gasteiger charge is -2.35. The molecule has 4 nitrogen and oxygen atoms in total. The third-order valence-corrected chi connectivity index (χ3v) is 4.72. The van der Waals surface area contributed by atoms with Crippen molar-refractivity contribution >= 4 is 5.91 Å². The van der Waals surface area contributed by atoms with Crippen LogP contribution in [0, 0.1) is 0 Å². The molecule has 0 aromatic carbocycles. The van der Waals surface area contributed by atoms with Crippen LogP contribution in [0.4, 0.5) is 0 Å². The maximum Gasteiger partial charge on any atom is 0.225 e. The summed E-state index contributed by atoms with van der Waals surface area (Å²) in [6, 6.07) is 6.28. The third-order valence-electron chi connectivity index (χ3n) is 4.72. The molecule has 2 aliphatic rings. The molecule has 21 heavy (non-hydrogen) atoms. The number of carbonyl (C=O) groups excluding carboxylic acids is 1. The summed E-state index contributed by atoms with van der Waals surface area (Å²) in [5.41, 5.74) is 7.14. The highest BCUT2D eigenvalue weighted by molar-refractivity contribution is 5.78. The Morgan fingerprint density at radius 1 is 1.29 bits per heavy atom. The first-order valence-electron chi connectivity index (χ1n) is 8.15. The molecule has 1 aromatic heterocycles. The van der Waals surface area contributed by atoms with Crippen molar-refractivity contribution in [3.05, 3.63) is 30.1 Å². The zero-order valence-electron chi connectivity index (χ0n) is 12.6. The molecule has 0 aliphatic heterocycles. The van der Waals surface area contributed by atoms with E-state index in [0.717, 1.165) is 44.2 Å². The van der Waals surface area contributed by atoms with Gasteiger partial charge in [0.1, 0.15) is 0 Å². The van der Waals surface area contributed by atoms with Gasteiger partial charge in [0.15, 0.2) is 0 Å². The van der Waals surface area contributed by atoms with E-state index in [-0.39, 0.29) is 11.4 Å². The zero-order chi connectivity index (χ0) is 14.7. The topological polar surface area (TPSA) is 59.2 Å². The van der Waals surface area contributed by atoms with Crippen LogP contribution in [-0.2, 0) is 11.3 Å². The molecule has 0 bridgehead atoms. The van der Waals surface area contributed by atoms with Crippen LogP contribution in [0.3, 0.4) is 0 Å². The predicted octanol–water partition coefficient (Wildman–Crippen LogP) is 2.62. The second-order valence-electron chi connectivity index (χ2n) is 6.67. The normalized spacial score (nSPS) is 21.0. The van der Waals surface area contributed by atoms with Gasteiger partial charge in [0.05, 0.1) is 12.2 Å². The Hall–Kier alpha value is -1.42. The number of rotatable bonds is 5. The Morgan fingerprint density at radius 3 is 2.67 bits per heavy atom. The lowest BCUT2D eigenvalue weighted by molar-refractivity contribution is -0.134. The summed E-state index contributed by atoms with van der Waals surface area (Å²) < 4.78 is 0. The Bertz CT molecular complexity index is 478. The van der Waals surface area contributed by atoms with Gasteiger partial charge >= 0.3 is 0 Å². The molecule has 4 heteroatoms. The van der Waals surface area contributed by atoms with Crippen LogP contribution in [0.1, 0.15) is 57.1 Å². The third kappa shape index (κ3) is 3.82. The van der Waals surface area contributed by atoms with Crippen molar-refractivity contribution in [2.45, 2.75) is 69.5 Å². The Kier molecular flexibility index (Phi) is 4.24. The van der Waals surface area contributed by atoms with Crippen LogP contribution in [-0.4, -0.2) is 27.4 Å². The van der Waals surface area contributed by atoms with Crippen LogP contribution < -0.4 is 5.73 Å². The molecular formula is C17H25N3O. The maximum absolute atomic E-state index is 12.7. The zero-order valence-corrected chi connectivity index (χ0v) is 12.6. The van der Waals surface area contributed by atoms with E-state index in [1.807, 2.05) is 23.1 Å². The van der Waals surface area contributed by atoms with Gasteiger partial charge in [-0.2, -0.15) is 0 Å².